The lowest BCUT2D eigenvalue weighted by molar-refractivity contribution is 0.100. The number of nitrogens with zero attached hydrogens (tertiary/aromatic N) is 3. The molecule has 0 saturated carbocycles. The molecule has 0 unspecified atom stereocenters. The Labute approximate surface area is 246 Å². The Kier molecular flexibility index (Phi) is 8.17. The summed E-state index contributed by atoms with van der Waals surface area (Å²) in [5.74, 6) is 0.247. The molecule has 0 atom stereocenters. The molecule has 1 amide bonds. The van der Waals surface area contributed by atoms with E-state index >= 15 is 0 Å². The number of carbonyl (C=O) groups excluding carboxylic acids is 1. The van der Waals surface area contributed by atoms with Gasteiger partial charge in [-0.3, -0.25) is 9.52 Å². The van der Waals surface area contributed by atoms with Gasteiger partial charge in [0.05, 0.1) is 21.9 Å². The van der Waals surface area contributed by atoms with Crippen LogP contribution in [-0.2, 0) is 10.0 Å². The van der Waals surface area contributed by atoms with E-state index in [2.05, 4.69) is 9.71 Å². The summed E-state index contributed by atoms with van der Waals surface area (Å²) in [7, 11) is 3.76. The molecule has 216 valence electrons. The van der Waals surface area contributed by atoms with Crippen LogP contribution in [0.25, 0.3) is 0 Å². The van der Waals surface area contributed by atoms with Crippen molar-refractivity contribution >= 4 is 38.7 Å². The Balaban J connectivity index is 1.51. The van der Waals surface area contributed by atoms with Crippen LogP contribution in [0.1, 0.15) is 21.5 Å². The first kappa shape index (κ1) is 28.7. The highest BCUT2D eigenvalue weighted by Crippen LogP contribution is 2.33. The van der Waals surface area contributed by atoms with Crippen LogP contribution in [0.5, 0.6) is 11.5 Å². The molecule has 0 bridgehead atoms. The van der Waals surface area contributed by atoms with Gasteiger partial charge in [-0.25, -0.2) is 13.4 Å². The average Bonchev–Trinajstić information content (AvgIpc) is 2.99. The maximum absolute atomic E-state index is 13.7. The summed E-state index contributed by atoms with van der Waals surface area (Å²) in [6.07, 6.45) is 0. The molecule has 42 heavy (non-hydrogen) atoms. The highest BCUT2D eigenvalue weighted by atomic mass is 32.2. The molecule has 1 heterocycles. The van der Waals surface area contributed by atoms with Gasteiger partial charge in [0, 0.05) is 56.8 Å². The fourth-order valence-corrected chi connectivity index (χ4v) is 5.54. The standard InChI is InChI=1S/C32H32N4O5S/c1-35(2)24-13-9-22(10-14-24)31(23-11-15-25(16-12-23)36(3)4)33-32(37)27-7-5-6-8-28(27)34-42(38,39)26-17-18-29-30(21-26)41-20-19-40-29/h5-18,21,34H,19-20H2,1-4H3. The number of hydrogen-bond donors (Lipinski definition) is 1. The first-order chi connectivity index (χ1) is 20.1. The van der Waals surface area contributed by atoms with Gasteiger partial charge in [0.15, 0.2) is 11.5 Å². The van der Waals surface area contributed by atoms with E-state index in [4.69, 9.17) is 9.47 Å². The number of rotatable bonds is 8. The van der Waals surface area contributed by atoms with Gasteiger partial charge in [-0.15, -0.1) is 0 Å². The summed E-state index contributed by atoms with van der Waals surface area (Å²) in [4.78, 5) is 22.2. The molecule has 0 saturated heterocycles. The van der Waals surface area contributed by atoms with Crippen molar-refractivity contribution in [1.82, 2.24) is 0 Å². The molecule has 1 aliphatic rings. The minimum atomic E-state index is -4.06. The summed E-state index contributed by atoms with van der Waals surface area (Å²) in [6.45, 7) is 0.728. The fraction of sp³-hybridized carbons (Fsp3) is 0.188. The number of hydrogen-bond acceptors (Lipinski definition) is 7. The van der Waals surface area contributed by atoms with Crippen molar-refractivity contribution in [3.63, 3.8) is 0 Å². The Morgan fingerprint density at radius 2 is 1.29 bits per heavy atom. The molecule has 10 heteroatoms. The third kappa shape index (κ3) is 6.23. The van der Waals surface area contributed by atoms with Crippen molar-refractivity contribution in [2.45, 2.75) is 4.90 Å². The summed E-state index contributed by atoms with van der Waals surface area (Å²) >= 11 is 0. The van der Waals surface area contributed by atoms with E-state index in [1.54, 1.807) is 24.3 Å². The molecule has 0 fully saturated rings. The third-order valence-electron chi connectivity index (χ3n) is 6.75. The molecule has 0 spiro atoms. The molecule has 9 nitrogen and oxygen atoms in total. The zero-order valence-electron chi connectivity index (χ0n) is 23.9. The van der Waals surface area contributed by atoms with E-state index in [0.717, 1.165) is 22.5 Å². The third-order valence-corrected chi connectivity index (χ3v) is 8.12. The van der Waals surface area contributed by atoms with Gasteiger partial charge >= 0.3 is 0 Å². The van der Waals surface area contributed by atoms with E-state index in [-0.39, 0.29) is 16.1 Å². The maximum atomic E-state index is 13.7. The summed E-state index contributed by atoms with van der Waals surface area (Å²) in [5, 5.41) is 0. The monoisotopic (exact) mass is 584 g/mol. The number of ether oxygens (including phenoxy) is 2. The smallest absolute Gasteiger partial charge is 0.279 e. The molecule has 5 rings (SSSR count). The van der Waals surface area contributed by atoms with E-state index in [1.807, 2.05) is 86.5 Å². The molecule has 0 aromatic heterocycles. The topological polar surface area (TPSA) is 101 Å². The Hall–Kier alpha value is -4.83. The number of benzene rings is 4. The predicted molar refractivity (Wildman–Crippen MR) is 166 cm³/mol. The van der Waals surface area contributed by atoms with E-state index in [9.17, 15) is 13.2 Å². The SMILES string of the molecule is CN(C)c1ccc(C(=NC(=O)c2ccccc2NS(=O)(=O)c2ccc3c(c2)OCCO3)c2ccc(N(C)C)cc2)cc1. The Bertz CT molecular complexity index is 1680. The fourth-order valence-electron chi connectivity index (χ4n) is 4.45. The number of anilines is 3. The minimum absolute atomic E-state index is 0.0137. The first-order valence-corrected chi connectivity index (χ1v) is 14.8. The highest BCUT2D eigenvalue weighted by molar-refractivity contribution is 7.92. The van der Waals surface area contributed by atoms with Crippen LogP contribution in [0.3, 0.4) is 0 Å². The molecular formula is C32H32N4O5S. The second-order valence-electron chi connectivity index (χ2n) is 10.1. The molecule has 0 radical (unpaired) electrons. The minimum Gasteiger partial charge on any atom is -0.486 e. The zero-order chi connectivity index (χ0) is 29.9. The van der Waals surface area contributed by atoms with E-state index < -0.39 is 15.9 Å². The lowest BCUT2D eigenvalue weighted by Gasteiger charge is -2.19. The Morgan fingerprint density at radius 3 is 1.86 bits per heavy atom. The second kappa shape index (κ2) is 12.0. The van der Waals surface area contributed by atoms with Crippen molar-refractivity contribution < 1.29 is 22.7 Å². The molecular weight excluding hydrogens is 552 g/mol. The van der Waals surface area contributed by atoms with Gasteiger partial charge in [0.1, 0.15) is 13.2 Å². The predicted octanol–water partition coefficient (Wildman–Crippen LogP) is 5.07. The van der Waals surface area contributed by atoms with Crippen LogP contribution in [0.4, 0.5) is 17.1 Å². The quantitative estimate of drug-likeness (QED) is 0.289. The van der Waals surface area contributed by atoms with Crippen LogP contribution in [-0.4, -0.2) is 61.4 Å². The first-order valence-electron chi connectivity index (χ1n) is 13.3. The van der Waals surface area contributed by atoms with Crippen LogP contribution < -0.4 is 24.0 Å². The molecule has 0 aliphatic carbocycles. The number of amides is 1. The number of carbonyl (C=O) groups is 1. The van der Waals surface area contributed by atoms with E-state index in [0.29, 0.717) is 30.4 Å². The van der Waals surface area contributed by atoms with Gasteiger partial charge in [-0.2, -0.15) is 0 Å². The van der Waals surface area contributed by atoms with Crippen molar-refractivity contribution in [2.24, 2.45) is 4.99 Å². The second-order valence-corrected chi connectivity index (χ2v) is 11.8. The van der Waals surface area contributed by atoms with Crippen molar-refractivity contribution in [1.29, 1.82) is 0 Å². The van der Waals surface area contributed by atoms with Gasteiger partial charge in [0.25, 0.3) is 15.9 Å². The average molecular weight is 585 g/mol. The Morgan fingerprint density at radius 1 is 0.738 bits per heavy atom. The van der Waals surface area contributed by atoms with Gasteiger partial charge in [-0.1, -0.05) is 36.4 Å². The lowest BCUT2D eigenvalue weighted by atomic mass is 10.0. The van der Waals surface area contributed by atoms with Crippen molar-refractivity contribution in [2.75, 3.05) is 55.9 Å². The number of fused-ring (bicyclic) bond motifs is 1. The molecule has 1 aliphatic heterocycles. The number of sulfonamides is 1. The highest BCUT2D eigenvalue weighted by Gasteiger charge is 2.22. The van der Waals surface area contributed by atoms with Gasteiger partial charge in [-0.05, 0) is 48.5 Å². The maximum Gasteiger partial charge on any atom is 0.279 e. The van der Waals surface area contributed by atoms with Gasteiger partial charge in [0.2, 0.25) is 0 Å². The van der Waals surface area contributed by atoms with Crippen LogP contribution in [0.2, 0.25) is 0 Å². The number of nitrogens with one attached hydrogen (secondary N) is 1. The molecule has 4 aromatic carbocycles. The van der Waals surface area contributed by atoms with E-state index in [1.165, 1.54) is 18.2 Å². The van der Waals surface area contributed by atoms with Gasteiger partial charge < -0.3 is 19.3 Å². The van der Waals surface area contributed by atoms with Crippen LogP contribution in [0, 0.1) is 0 Å². The van der Waals surface area contributed by atoms with Crippen molar-refractivity contribution in [3.8, 4) is 11.5 Å². The molecule has 1 N–H and O–H groups in total. The number of aliphatic imine (C=N–C) groups is 1. The number of para-hydroxylation sites is 1. The normalized spacial score (nSPS) is 12.3. The van der Waals surface area contributed by atoms with Crippen LogP contribution >= 0.6 is 0 Å². The lowest BCUT2D eigenvalue weighted by Crippen LogP contribution is -2.18. The summed E-state index contributed by atoms with van der Waals surface area (Å²) in [5.41, 5.74) is 4.22. The van der Waals surface area contributed by atoms with Crippen LogP contribution in [0.15, 0.2) is 101 Å². The zero-order valence-corrected chi connectivity index (χ0v) is 24.7. The molecule has 4 aromatic rings. The van der Waals surface area contributed by atoms with Crippen molar-refractivity contribution in [3.05, 3.63) is 108 Å². The largest absolute Gasteiger partial charge is 0.486 e. The summed E-state index contributed by atoms with van der Waals surface area (Å²) in [6, 6.07) is 26.3. The summed E-state index contributed by atoms with van der Waals surface area (Å²) < 4.78 is 40.3.